The Morgan fingerprint density at radius 2 is 1.69 bits per heavy atom. The van der Waals surface area contributed by atoms with Crippen molar-refractivity contribution in [1.82, 2.24) is 15.0 Å². The Kier molecular flexibility index (Phi) is 6.03. The molecule has 9 nitrogen and oxygen atoms in total. The van der Waals surface area contributed by atoms with E-state index in [2.05, 4.69) is 20.1 Å². The summed E-state index contributed by atoms with van der Waals surface area (Å²) in [6, 6.07) is 11.7. The highest BCUT2D eigenvalue weighted by Gasteiger charge is 2.19. The van der Waals surface area contributed by atoms with Gasteiger partial charge in [-0.3, -0.25) is 5.10 Å². The second-order valence-corrected chi connectivity index (χ2v) is 7.43. The van der Waals surface area contributed by atoms with Gasteiger partial charge in [-0.15, -0.1) is 0 Å². The lowest BCUT2D eigenvalue weighted by Crippen LogP contribution is -2.19. The van der Waals surface area contributed by atoms with Gasteiger partial charge in [-0.05, 0) is 36.4 Å². The van der Waals surface area contributed by atoms with Crippen LogP contribution in [0.4, 0.5) is 0 Å². The Morgan fingerprint density at radius 3 is 2.34 bits per heavy atom. The number of methoxy groups -OCH3 is 3. The Morgan fingerprint density at radius 1 is 1.00 bits per heavy atom. The van der Waals surface area contributed by atoms with Crippen LogP contribution in [0.3, 0.4) is 0 Å². The molecule has 0 atom stereocenters. The van der Waals surface area contributed by atoms with Crippen LogP contribution in [-0.4, -0.2) is 46.2 Å². The molecule has 0 aliphatic carbocycles. The van der Waals surface area contributed by atoms with Gasteiger partial charge in [0.05, 0.1) is 39.4 Å². The van der Waals surface area contributed by atoms with E-state index in [-0.39, 0.29) is 10.6 Å². The molecule has 29 heavy (non-hydrogen) atoms. The van der Waals surface area contributed by atoms with E-state index < -0.39 is 10.0 Å². The van der Waals surface area contributed by atoms with Crippen molar-refractivity contribution < 1.29 is 22.6 Å². The summed E-state index contributed by atoms with van der Waals surface area (Å²) in [6.45, 7) is 0. The van der Waals surface area contributed by atoms with Gasteiger partial charge in [0.1, 0.15) is 22.1 Å². The Labute approximate surface area is 168 Å². The van der Waals surface area contributed by atoms with Crippen molar-refractivity contribution in [1.29, 1.82) is 0 Å². The Hall–Kier alpha value is -3.53. The first-order chi connectivity index (χ1) is 14.0. The third-order valence-corrected chi connectivity index (χ3v) is 5.35. The van der Waals surface area contributed by atoms with Crippen LogP contribution in [-0.2, 0) is 10.0 Å². The molecule has 0 aliphatic rings. The molecule has 0 unspecified atom stereocenters. The number of sulfonamides is 1. The number of benzene rings is 2. The van der Waals surface area contributed by atoms with E-state index in [1.165, 1.54) is 38.6 Å². The lowest BCUT2D eigenvalue weighted by atomic mass is 10.1. The van der Waals surface area contributed by atoms with E-state index in [0.717, 1.165) is 11.3 Å². The van der Waals surface area contributed by atoms with E-state index in [1.807, 2.05) is 24.3 Å². The van der Waals surface area contributed by atoms with Gasteiger partial charge in [0.15, 0.2) is 0 Å². The van der Waals surface area contributed by atoms with Crippen molar-refractivity contribution in [3.63, 3.8) is 0 Å². The van der Waals surface area contributed by atoms with Crippen LogP contribution in [0.25, 0.3) is 11.3 Å². The highest BCUT2D eigenvalue weighted by atomic mass is 32.2. The third kappa shape index (κ3) is 4.49. The lowest BCUT2D eigenvalue weighted by molar-refractivity contribution is 0.386. The highest BCUT2D eigenvalue weighted by molar-refractivity contribution is 7.89. The van der Waals surface area contributed by atoms with E-state index in [0.29, 0.717) is 17.0 Å². The molecule has 0 saturated carbocycles. The quantitative estimate of drug-likeness (QED) is 0.430. The van der Waals surface area contributed by atoms with Crippen LogP contribution in [0.1, 0.15) is 5.56 Å². The second-order valence-electron chi connectivity index (χ2n) is 5.80. The fourth-order valence-corrected chi connectivity index (χ4v) is 3.54. The topological polar surface area (TPSA) is 115 Å². The molecule has 2 aromatic carbocycles. The molecule has 0 radical (unpaired) electrons. The van der Waals surface area contributed by atoms with Crippen molar-refractivity contribution in [3.8, 4) is 28.5 Å². The van der Waals surface area contributed by atoms with E-state index in [4.69, 9.17) is 14.2 Å². The molecule has 1 heterocycles. The van der Waals surface area contributed by atoms with Crippen molar-refractivity contribution in [2.24, 2.45) is 5.10 Å². The summed E-state index contributed by atoms with van der Waals surface area (Å²) in [5.41, 5.74) is 2.15. The summed E-state index contributed by atoms with van der Waals surface area (Å²) in [6.07, 6.45) is 2.92. The van der Waals surface area contributed by atoms with Gasteiger partial charge in [-0.1, -0.05) is 0 Å². The van der Waals surface area contributed by atoms with Gasteiger partial charge in [0.25, 0.3) is 10.0 Å². The van der Waals surface area contributed by atoms with Crippen LogP contribution >= 0.6 is 0 Å². The summed E-state index contributed by atoms with van der Waals surface area (Å²) in [5, 5.41) is 10.7. The maximum atomic E-state index is 12.6. The van der Waals surface area contributed by atoms with Crippen LogP contribution in [0, 0.1) is 0 Å². The molecule has 1 aromatic heterocycles. The Bertz CT molecular complexity index is 1110. The first-order valence-electron chi connectivity index (χ1n) is 8.43. The number of ether oxygens (including phenoxy) is 3. The molecular formula is C19H20N4O5S. The third-order valence-electron chi connectivity index (χ3n) is 4.08. The number of hydrogen-bond donors (Lipinski definition) is 2. The number of rotatable bonds is 8. The van der Waals surface area contributed by atoms with Crippen molar-refractivity contribution in [2.75, 3.05) is 21.3 Å². The lowest BCUT2D eigenvalue weighted by Gasteiger charge is -2.10. The zero-order valence-electron chi connectivity index (χ0n) is 16.0. The molecule has 0 aliphatic heterocycles. The molecule has 2 N–H and O–H groups in total. The molecule has 0 bridgehead atoms. The fourth-order valence-electron chi connectivity index (χ4n) is 2.59. The number of H-pyrrole nitrogens is 1. The summed E-state index contributed by atoms with van der Waals surface area (Å²) in [4.78, 5) is 2.13. The van der Waals surface area contributed by atoms with Gasteiger partial charge >= 0.3 is 0 Å². The molecule has 3 rings (SSSR count). The molecule has 152 valence electrons. The molecule has 0 fully saturated rings. The summed E-state index contributed by atoms with van der Waals surface area (Å²) >= 11 is 0. The zero-order chi connectivity index (χ0) is 20.9. The van der Waals surface area contributed by atoms with Crippen LogP contribution < -0.4 is 19.0 Å². The van der Waals surface area contributed by atoms with Crippen LogP contribution in [0.5, 0.6) is 17.2 Å². The molecule has 0 amide bonds. The number of aromatic amines is 1. The average Bonchev–Trinajstić information content (AvgIpc) is 3.21. The van der Waals surface area contributed by atoms with E-state index in [9.17, 15) is 8.42 Å². The smallest absolute Gasteiger partial charge is 0.280 e. The minimum absolute atomic E-state index is 0.0551. The largest absolute Gasteiger partial charge is 0.497 e. The molecule has 10 heteroatoms. The first-order valence-corrected chi connectivity index (χ1v) is 9.91. The maximum absolute atomic E-state index is 12.6. The van der Waals surface area contributed by atoms with Crippen LogP contribution in [0.2, 0.25) is 0 Å². The van der Waals surface area contributed by atoms with Crippen LogP contribution in [0.15, 0.2) is 58.7 Å². The fraction of sp³-hybridized carbons (Fsp3) is 0.158. The normalized spacial score (nSPS) is 11.4. The van der Waals surface area contributed by atoms with Crippen molar-refractivity contribution in [3.05, 3.63) is 54.2 Å². The number of nitrogens with zero attached hydrogens (tertiary/aromatic N) is 2. The second kappa shape index (κ2) is 8.65. The minimum atomic E-state index is -3.94. The predicted octanol–water partition coefficient (Wildman–Crippen LogP) is 2.41. The average molecular weight is 416 g/mol. The summed E-state index contributed by atoms with van der Waals surface area (Å²) in [7, 11) is 0.509. The van der Waals surface area contributed by atoms with Crippen molar-refractivity contribution >= 4 is 16.2 Å². The molecule has 0 saturated heterocycles. The summed E-state index contributed by atoms with van der Waals surface area (Å²) < 4.78 is 40.5. The monoisotopic (exact) mass is 416 g/mol. The molecular weight excluding hydrogens is 396 g/mol. The van der Waals surface area contributed by atoms with E-state index in [1.54, 1.807) is 13.3 Å². The molecule has 0 spiro atoms. The number of hydrogen-bond acceptors (Lipinski definition) is 7. The first kappa shape index (κ1) is 20.2. The highest BCUT2D eigenvalue weighted by Crippen LogP contribution is 2.28. The van der Waals surface area contributed by atoms with Gasteiger partial charge in [0, 0.05) is 17.2 Å². The van der Waals surface area contributed by atoms with Crippen molar-refractivity contribution in [2.45, 2.75) is 4.90 Å². The van der Waals surface area contributed by atoms with Gasteiger partial charge in [0.2, 0.25) is 0 Å². The van der Waals surface area contributed by atoms with E-state index >= 15 is 0 Å². The number of nitrogens with one attached hydrogen (secondary N) is 2. The minimum Gasteiger partial charge on any atom is -0.497 e. The number of hydrazone groups is 1. The Balaban J connectivity index is 1.80. The summed E-state index contributed by atoms with van der Waals surface area (Å²) in [5.74, 6) is 1.35. The maximum Gasteiger partial charge on any atom is 0.280 e. The standard InChI is InChI=1S/C19H20N4O5S/c1-26-15-6-4-13(5-7-15)19-14(11-20-22-19)12-21-23-29(24,25)18-9-8-16(27-2)10-17(18)28-3/h4-12,23H,1-3H3,(H,20,22). The SMILES string of the molecule is COc1ccc(-c2[nH]ncc2C=NNS(=O)(=O)c2ccc(OC)cc2OC)cc1. The number of aromatic nitrogens is 2. The zero-order valence-corrected chi connectivity index (χ0v) is 16.9. The van der Waals surface area contributed by atoms with Gasteiger partial charge < -0.3 is 14.2 Å². The van der Waals surface area contributed by atoms with Gasteiger partial charge in [-0.2, -0.15) is 23.4 Å². The molecule has 3 aromatic rings. The predicted molar refractivity (Wildman–Crippen MR) is 108 cm³/mol. The van der Waals surface area contributed by atoms with Gasteiger partial charge in [-0.25, -0.2) is 0 Å².